The molecule has 0 amide bonds. The number of anilines is 1. The molecule has 1 aromatic heterocycles. The number of aryl methyl sites for hydroxylation is 2. The molecule has 0 unspecified atom stereocenters. The van der Waals surface area contributed by atoms with Crippen molar-refractivity contribution in [2.45, 2.75) is 20.5 Å². The van der Waals surface area contributed by atoms with Crippen molar-refractivity contribution in [1.29, 1.82) is 0 Å². The maximum Gasteiger partial charge on any atom is 0.150 e. The summed E-state index contributed by atoms with van der Waals surface area (Å²) in [7, 11) is 0. The molecule has 2 rings (SSSR count). The van der Waals surface area contributed by atoms with Crippen molar-refractivity contribution < 1.29 is 4.74 Å². The maximum atomic E-state index is 5.69. The van der Waals surface area contributed by atoms with E-state index in [1.165, 1.54) is 17.1 Å². The highest BCUT2D eigenvalue weighted by Gasteiger charge is 2.08. The van der Waals surface area contributed by atoms with E-state index in [-0.39, 0.29) is 0 Å². The smallest absolute Gasteiger partial charge is 0.150 e. The van der Waals surface area contributed by atoms with E-state index in [4.69, 9.17) is 10.6 Å². The Balaban J connectivity index is 2.07. The number of rotatable bonds is 4. The number of nitrogens with two attached hydrogens (primary N) is 1. The lowest BCUT2D eigenvalue weighted by atomic mass is 10.1. The van der Waals surface area contributed by atoms with Gasteiger partial charge < -0.3 is 10.2 Å². The van der Waals surface area contributed by atoms with Gasteiger partial charge in [0.25, 0.3) is 0 Å². The highest BCUT2D eigenvalue weighted by Crippen LogP contribution is 2.22. The Hall–Kier alpha value is -1.66. The summed E-state index contributed by atoms with van der Waals surface area (Å²) in [5.74, 6) is 6.19. The Morgan fingerprint density at radius 1 is 1.41 bits per heavy atom. The zero-order valence-corrected chi connectivity index (χ0v) is 10.5. The summed E-state index contributed by atoms with van der Waals surface area (Å²) < 4.78 is 9.50. The molecular weight excluding hydrogens is 236 g/mol. The molecule has 5 nitrogen and oxygen atoms in total. The molecule has 0 atom stereocenters. The molecule has 2 aromatic rings. The van der Waals surface area contributed by atoms with Crippen molar-refractivity contribution in [1.82, 2.24) is 9.59 Å². The molecule has 0 spiro atoms. The van der Waals surface area contributed by atoms with Gasteiger partial charge >= 0.3 is 0 Å². The van der Waals surface area contributed by atoms with Gasteiger partial charge in [0.1, 0.15) is 18.1 Å². The van der Waals surface area contributed by atoms with Gasteiger partial charge in [-0.2, -0.15) is 0 Å². The van der Waals surface area contributed by atoms with Crippen LogP contribution < -0.4 is 16.0 Å². The lowest BCUT2D eigenvalue weighted by molar-refractivity contribution is 0.299. The quantitative estimate of drug-likeness (QED) is 0.641. The molecule has 0 aliphatic rings. The first kappa shape index (κ1) is 11.8. The number of ether oxygens (including phenoxy) is 1. The summed E-state index contributed by atoms with van der Waals surface area (Å²) in [6, 6.07) is 6.06. The van der Waals surface area contributed by atoms with Crippen molar-refractivity contribution in [2.75, 3.05) is 5.43 Å². The molecule has 0 radical (unpaired) electrons. The van der Waals surface area contributed by atoms with Crippen molar-refractivity contribution in [3.63, 3.8) is 0 Å². The van der Waals surface area contributed by atoms with E-state index in [0.717, 1.165) is 22.0 Å². The third-order valence-electron chi connectivity index (χ3n) is 2.38. The number of nitrogens with zero attached hydrogens (tertiary/aromatic N) is 2. The molecule has 17 heavy (non-hydrogen) atoms. The predicted molar refractivity (Wildman–Crippen MR) is 68.0 cm³/mol. The van der Waals surface area contributed by atoms with Crippen LogP contribution in [-0.4, -0.2) is 9.59 Å². The zero-order chi connectivity index (χ0) is 12.3. The summed E-state index contributed by atoms with van der Waals surface area (Å²) in [4.78, 5) is 0. The molecule has 0 aliphatic heterocycles. The highest BCUT2D eigenvalue weighted by molar-refractivity contribution is 7.10. The van der Waals surface area contributed by atoms with Crippen LogP contribution in [0.5, 0.6) is 5.75 Å². The van der Waals surface area contributed by atoms with Crippen LogP contribution in [0.1, 0.15) is 16.8 Å². The number of hydrogen-bond acceptors (Lipinski definition) is 6. The average molecular weight is 250 g/mol. The monoisotopic (exact) mass is 250 g/mol. The summed E-state index contributed by atoms with van der Waals surface area (Å²) in [5, 5.41) is 4.68. The van der Waals surface area contributed by atoms with Gasteiger partial charge in [0.2, 0.25) is 0 Å². The standard InChI is InChI=1S/C11H14N4OS/c1-7-3-4-10(8(2)5-7)16-6-9-11(13-12)17-15-14-9/h3-5,13H,6,12H2,1-2H3. The van der Waals surface area contributed by atoms with E-state index in [9.17, 15) is 0 Å². The van der Waals surface area contributed by atoms with Crippen LogP contribution in [0.25, 0.3) is 0 Å². The van der Waals surface area contributed by atoms with Gasteiger partial charge in [0, 0.05) is 11.5 Å². The average Bonchev–Trinajstić information content (AvgIpc) is 2.75. The second-order valence-electron chi connectivity index (χ2n) is 3.75. The lowest BCUT2D eigenvalue weighted by Crippen LogP contribution is -2.08. The van der Waals surface area contributed by atoms with Gasteiger partial charge in [-0.3, -0.25) is 0 Å². The van der Waals surface area contributed by atoms with Gasteiger partial charge in [0.15, 0.2) is 5.00 Å². The fourth-order valence-corrected chi connectivity index (χ4v) is 2.00. The Kier molecular flexibility index (Phi) is 3.55. The molecule has 0 aliphatic carbocycles. The Morgan fingerprint density at radius 2 is 2.24 bits per heavy atom. The molecule has 0 fully saturated rings. The van der Waals surface area contributed by atoms with E-state index in [1.54, 1.807) is 0 Å². The number of nitrogens with one attached hydrogen (secondary N) is 1. The fourth-order valence-electron chi connectivity index (χ4n) is 1.52. The van der Waals surface area contributed by atoms with Crippen LogP contribution in [0.2, 0.25) is 0 Å². The van der Waals surface area contributed by atoms with Gasteiger partial charge in [-0.15, -0.1) is 5.10 Å². The summed E-state index contributed by atoms with van der Waals surface area (Å²) in [5.41, 5.74) is 5.59. The minimum atomic E-state index is 0.361. The minimum Gasteiger partial charge on any atom is -0.487 e. The molecule has 1 heterocycles. The topological polar surface area (TPSA) is 73.1 Å². The normalized spacial score (nSPS) is 10.3. The Labute approximate surface area is 104 Å². The summed E-state index contributed by atoms with van der Waals surface area (Å²) in [6.07, 6.45) is 0. The number of aromatic nitrogens is 2. The van der Waals surface area contributed by atoms with Crippen LogP contribution in [-0.2, 0) is 6.61 Å². The van der Waals surface area contributed by atoms with Crippen molar-refractivity contribution in [2.24, 2.45) is 5.84 Å². The second-order valence-corrected chi connectivity index (χ2v) is 4.50. The lowest BCUT2D eigenvalue weighted by Gasteiger charge is -2.08. The maximum absolute atomic E-state index is 5.69. The number of hydrogen-bond donors (Lipinski definition) is 2. The van der Waals surface area contributed by atoms with Crippen LogP contribution in [0.3, 0.4) is 0 Å². The Morgan fingerprint density at radius 3 is 2.94 bits per heavy atom. The van der Waals surface area contributed by atoms with Crippen LogP contribution in [0.4, 0.5) is 5.00 Å². The van der Waals surface area contributed by atoms with E-state index in [2.05, 4.69) is 28.0 Å². The second kappa shape index (κ2) is 5.11. The molecule has 0 bridgehead atoms. The highest BCUT2D eigenvalue weighted by atomic mass is 32.1. The molecule has 3 N–H and O–H groups in total. The largest absolute Gasteiger partial charge is 0.487 e. The molecule has 6 heteroatoms. The number of nitrogen functional groups attached to an aromatic ring is 1. The van der Waals surface area contributed by atoms with E-state index >= 15 is 0 Å². The van der Waals surface area contributed by atoms with Crippen LogP contribution in [0, 0.1) is 13.8 Å². The summed E-state index contributed by atoms with van der Waals surface area (Å²) in [6.45, 7) is 4.43. The molecule has 0 saturated heterocycles. The predicted octanol–water partition coefficient (Wildman–Crippen LogP) is 2.02. The zero-order valence-electron chi connectivity index (χ0n) is 9.73. The van der Waals surface area contributed by atoms with E-state index in [0.29, 0.717) is 6.61 Å². The number of hydrazine groups is 1. The minimum absolute atomic E-state index is 0.361. The molecular formula is C11H14N4OS. The fraction of sp³-hybridized carbons (Fsp3) is 0.273. The van der Waals surface area contributed by atoms with Gasteiger partial charge in [-0.05, 0) is 25.5 Å². The van der Waals surface area contributed by atoms with Crippen molar-refractivity contribution in [3.05, 3.63) is 35.0 Å². The third-order valence-corrected chi connectivity index (χ3v) is 3.08. The van der Waals surface area contributed by atoms with E-state index in [1.807, 2.05) is 19.1 Å². The van der Waals surface area contributed by atoms with Crippen LogP contribution in [0.15, 0.2) is 18.2 Å². The van der Waals surface area contributed by atoms with Gasteiger partial charge in [0.05, 0.1) is 0 Å². The first-order valence-corrected chi connectivity index (χ1v) is 5.96. The van der Waals surface area contributed by atoms with E-state index < -0.39 is 0 Å². The molecule has 1 aromatic carbocycles. The van der Waals surface area contributed by atoms with Crippen molar-refractivity contribution in [3.8, 4) is 5.75 Å². The van der Waals surface area contributed by atoms with Gasteiger partial charge in [-0.25, -0.2) is 5.84 Å². The number of benzene rings is 1. The summed E-state index contributed by atoms with van der Waals surface area (Å²) >= 11 is 1.21. The first-order valence-electron chi connectivity index (χ1n) is 5.18. The van der Waals surface area contributed by atoms with Crippen molar-refractivity contribution >= 4 is 16.5 Å². The molecule has 0 saturated carbocycles. The first-order chi connectivity index (χ1) is 8.20. The Bertz CT molecular complexity index is 512. The van der Waals surface area contributed by atoms with Crippen LogP contribution >= 0.6 is 11.5 Å². The molecule has 90 valence electrons. The third kappa shape index (κ3) is 2.72. The van der Waals surface area contributed by atoms with Gasteiger partial charge in [-0.1, -0.05) is 22.2 Å². The SMILES string of the molecule is Cc1ccc(OCc2nnsc2NN)c(C)c1.